The van der Waals surface area contributed by atoms with Gasteiger partial charge >= 0.3 is 0 Å². The van der Waals surface area contributed by atoms with Crippen molar-refractivity contribution in [1.29, 1.82) is 0 Å². The van der Waals surface area contributed by atoms with E-state index in [1.165, 1.54) is 38.1 Å². The zero-order valence-corrected chi connectivity index (χ0v) is 27.4. The second-order valence-corrected chi connectivity index (χ2v) is 13.1. The zero-order chi connectivity index (χ0) is 33.5. The number of furan rings is 1. The van der Waals surface area contributed by atoms with E-state index in [1.54, 1.807) is 6.33 Å². The standard InChI is InChI=1S/C46H28N4O/c1-3-11-32(12-4-1)49-39-17-9-7-15-34(39)36-25-29(19-22-41(36)49)30-21-24-43-38(26-30)45-46(51-43)44(47-28-48-45)31-20-23-42-37(27-31)35-16-8-10-18-40(35)50(42)33-13-5-2-6-14-33/h1-28H. The number of hydrogen-bond donors (Lipinski definition) is 0. The number of fused-ring (bicyclic) bond motifs is 9. The number of aromatic nitrogens is 4. The Hall–Kier alpha value is -6.98. The van der Waals surface area contributed by atoms with Gasteiger partial charge in [-0.25, -0.2) is 9.97 Å². The Labute approximate surface area is 292 Å². The van der Waals surface area contributed by atoms with Gasteiger partial charge in [0, 0.05) is 43.9 Å². The molecule has 11 aromatic rings. The van der Waals surface area contributed by atoms with Gasteiger partial charge in [-0.15, -0.1) is 0 Å². The Kier molecular flexibility index (Phi) is 5.89. The van der Waals surface area contributed by atoms with E-state index in [2.05, 4.69) is 173 Å². The molecular weight excluding hydrogens is 625 g/mol. The van der Waals surface area contributed by atoms with Crippen LogP contribution in [0.4, 0.5) is 0 Å². The summed E-state index contributed by atoms with van der Waals surface area (Å²) in [6.07, 6.45) is 1.65. The van der Waals surface area contributed by atoms with Crippen LogP contribution in [-0.2, 0) is 0 Å². The van der Waals surface area contributed by atoms with Gasteiger partial charge in [0.25, 0.3) is 0 Å². The fourth-order valence-electron chi connectivity index (χ4n) is 7.94. The molecule has 0 amide bonds. The summed E-state index contributed by atoms with van der Waals surface area (Å²) < 4.78 is 11.2. The van der Waals surface area contributed by atoms with Crippen molar-refractivity contribution >= 4 is 65.7 Å². The van der Waals surface area contributed by atoms with E-state index in [-0.39, 0.29) is 0 Å². The van der Waals surface area contributed by atoms with Crippen molar-refractivity contribution < 1.29 is 4.42 Å². The highest BCUT2D eigenvalue weighted by atomic mass is 16.3. The minimum atomic E-state index is 0.692. The maximum atomic E-state index is 6.55. The van der Waals surface area contributed by atoms with Crippen LogP contribution in [0.2, 0.25) is 0 Å². The zero-order valence-electron chi connectivity index (χ0n) is 27.4. The van der Waals surface area contributed by atoms with Crippen LogP contribution in [0.5, 0.6) is 0 Å². The highest BCUT2D eigenvalue weighted by Crippen LogP contribution is 2.40. The molecule has 0 saturated carbocycles. The highest BCUT2D eigenvalue weighted by molar-refractivity contribution is 6.13. The number of para-hydroxylation sites is 4. The molecule has 5 heteroatoms. The first-order chi connectivity index (χ1) is 25.3. The van der Waals surface area contributed by atoms with Crippen LogP contribution in [0.3, 0.4) is 0 Å². The van der Waals surface area contributed by atoms with Gasteiger partial charge in [-0.2, -0.15) is 0 Å². The molecule has 7 aromatic carbocycles. The maximum Gasteiger partial charge on any atom is 0.180 e. The lowest BCUT2D eigenvalue weighted by atomic mass is 10.0. The molecular formula is C46H28N4O. The van der Waals surface area contributed by atoms with Crippen LogP contribution in [0, 0.1) is 0 Å². The molecule has 0 aliphatic carbocycles. The average Bonchev–Trinajstić information content (AvgIpc) is 3.85. The summed E-state index contributed by atoms with van der Waals surface area (Å²) in [5, 5.41) is 5.79. The van der Waals surface area contributed by atoms with Crippen molar-refractivity contribution in [3.63, 3.8) is 0 Å². The number of benzene rings is 7. The lowest BCUT2D eigenvalue weighted by molar-refractivity contribution is 0.667. The van der Waals surface area contributed by atoms with Gasteiger partial charge in [-0.05, 0) is 83.9 Å². The maximum absolute atomic E-state index is 6.55. The highest BCUT2D eigenvalue weighted by Gasteiger charge is 2.19. The molecule has 0 unspecified atom stereocenters. The summed E-state index contributed by atoms with van der Waals surface area (Å²) in [6, 6.07) is 58.0. The summed E-state index contributed by atoms with van der Waals surface area (Å²) in [4.78, 5) is 9.54. The third-order valence-electron chi connectivity index (χ3n) is 10.2. The van der Waals surface area contributed by atoms with E-state index < -0.39 is 0 Å². The van der Waals surface area contributed by atoms with Gasteiger partial charge in [0.15, 0.2) is 5.58 Å². The Morgan fingerprint density at radius 1 is 0.392 bits per heavy atom. The first-order valence-corrected chi connectivity index (χ1v) is 17.2. The Bertz CT molecular complexity index is 3130. The molecule has 11 rings (SSSR count). The summed E-state index contributed by atoms with van der Waals surface area (Å²) in [5.74, 6) is 0. The Morgan fingerprint density at radius 2 is 0.882 bits per heavy atom. The minimum Gasteiger partial charge on any atom is -0.452 e. The van der Waals surface area contributed by atoms with E-state index in [0.29, 0.717) is 5.58 Å². The molecule has 0 spiro atoms. The molecule has 0 radical (unpaired) electrons. The Morgan fingerprint density at radius 3 is 1.51 bits per heavy atom. The first kappa shape index (κ1) is 27.9. The van der Waals surface area contributed by atoms with Crippen molar-refractivity contribution in [1.82, 2.24) is 19.1 Å². The van der Waals surface area contributed by atoms with Crippen LogP contribution in [0.25, 0.3) is 99.4 Å². The van der Waals surface area contributed by atoms with Crippen LogP contribution in [0.1, 0.15) is 0 Å². The van der Waals surface area contributed by atoms with Crippen molar-refractivity contribution in [2.75, 3.05) is 0 Å². The predicted octanol–water partition coefficient (Wildman–Crippen LogP) is 11.9. The van der Waals surface area contributed by atoms with Gasteiger partial charge in [0.05, 0.1) is 22.1 Å². The van der Waals surface area contributed by atoms with E-state index in [4.69, 9.17) is 14.4 Å². The fraction of sp³-hybridized carbons (Fsp3) is 0. The van der Waals surface area contributed by atoms with Crippen LogP contribution < -0.4 is 0 Å². The van der Waals surface area contributed by atoms with Gasteiger partial charge in [0.2, 0.25) is 0 Å². The van der Waals surface area contributed by atoms with Crippen LogP contribution in [-0.4, -0.2) is 19.1 Å². The molecule has 238 valence electrons. The van der Waals surface area contributed by atoms with Crippen LogP contribution in [0.15, 0.2) is 175 Å². The van der Waals surface area contributed by atoms with Crippen molar-refractivity contribution in [2.24, 2.45) is 0 Å². The number of rotatable bonds is 4. The minimum absolute atomic E-state index is 0.692. The third-order valence-corrected chi connectivity index (χ3v) is 10.2. The first-order valence-electron chi connectivity index (χ1n) is 17.2. The average molecular weight is 653 g/mol. The van der Waals surface area contributed by atoms with Gasteiger partial charge in [0.1, 0.15) is 23.1 Å². The molecule has 5 nitrogen and oxygen atoms in total. The Balaban J connectivity index is 1.06. The van der Waals surface area contributed by atoms with E-state index in [0.717, 1.165) is 55.8 Å². The molecule has 4 aromatic heterocycles. The molecule has 0 bridgehead atoms. The van der Waals surface area contributed by atoms with Crippen molar-refractivity contribution in [3.05, 3.63) is 170 Å². The molecule has 4 heterocycles. The number of hydrogen-bond acceptors (Lipinski definition) is 3. The van der Waals surface area contributed by atoms with Gasteiger partial charge in [-0.1, -0.05) is 91.0 Å². The molecule has 0 fully saturated rings. The lowest BCUT2D eigenvalue weighted by Crippen LogP contribution is -1.93. The quantitative estimate of drug-likeness (QED) is 0.190. The molecule has 0 N–H and O–H groups in total. The largest absolute Gasteiger partial charge is 0.452 e. The van der Waals surface area contributed by atoms with Crippen molar-refractivity contribution in [2.45, 2.75) is 0 Å². The lowest BCUT2D eigenvalue weighted by Gasteiger charge is -2.08. The molecule has 0 atom stereocenters. The smallest absolute Gasteiger partial charge is 0.180 e. The monoisotopic (exact) mass is 652 g/mol. The normalized spacial score (nSPS) is 11.9. The van der Waals surface area contributed by atoms with Crippen LogP contribution >= 0.6 is 0 Å². The van der Waals surface area contributed by atoms with E-state index in [9.17, 15) is 0 Å². The third kappa shape index (κ3) is 4.15. The predicted molar refractivity (Wildman–Crippen MR) is 209 cm³/mol. The second-order valence-electron chi connectivity index (χ2n) is 13.1. The topological polar surface area (TPSA) is 48.8 Å². The SMILES string of the molecule is c1ccc(-n2c3ccccc3c3cc(-c4ccc5oc6c(-c7ccc8c(c7)c7ccccc7n8-c7ccccc7)ncnc6c5c4)ccc32)cc1. The molecule has 0 aliphatic heterocycles. The summed E-state index contributed by atoms with van der Waals surface area (Å²) >= 11 is 0. The molecule has 0 aliphatic rings. The summed E-state index contributed by atoms with van der Waals surface area (Å²) in [7, 11) is 0. The van der Waals surface area contributed by atoms with E-state index in [1.807, 2.05) is 0 Å². The summed E-state index contributed by atoms with van der Waals surface area (Å²) in [5.41, 5.74) is 13.3. The van der Waals surface area contributed by atoms with Crippen molar-refractivity contribution in [3.8, 4) is 33.8 Å². The van der Waals surface area contributed by atoms with Gasteiger partial charge in [-0.3, -0.25) is 0 Å². The van der Waals surface area contributed by atoms with E-state index >= 15 is 0 Å². The number of nitrogens with zero attached hydrogens (tertiary/aromatic N) is 4. The fourth-order valence-corrected chi connectivity index (χ4v) is 7.94. The summed E-state index contributed by atoms with van der Waals surface area (Å²) in [6.45, 7) is 0. The van der Waals surface area contributed by atoms with Gasteiger partial charge < -0.3 is 13.6 Å². The molecule has 0 saturated heterocycles. The molecule has 51 heavy (non-hydrogen) atoms. The second kappa shape index (κ2) is 10.8.